The van der Waals surface area contributed by atoms with Crippen LogP contribution in [0.3, 0.4) is 0 Å². The molecule has 0 aliphatic heterocycles. The van der Waals surface area contributed by atoms with Crippen LogP contribution in [0.25, 0.3) is 22.5 Å². The van der Waals surface area contributed by atoms with Crippen LogP contribution in [0, 0.1) is 0 Å². The molecule has 0 aliphatic rings. The average molecular weight is 487 g/mol. The van der Waals surface area contributed by atoms with Crippen molar-refractivity contribution in [2.75, 3.05) is 0 Å². The van der Waals surface area contributed by atoms with Crippen molar-refractivity contribution in [3.05, 3.63) is 61.8 Å². The number of hydrogen-bond donors (Lipinski definition) is 0. The number of benzene rings is 1. The summed E-state index contributed by atoms with van der Waals surface area (Å²) in [5.41, 5.74) is 0.310. The number of fused-ring (bicyclic) bond motifs is 1. The van der Waals surface area contributed by atoms with Crippen LogP contribution in [0.2, 0.25) is 5.02 Å². The summed E-state index contributed by atoms with van der Waals surface area (Å²) in [4.78, 5) is 35.0. The molecule has 3 aromatic heterocycles. The van der Waals surface area contributed by atoms with E-state index in [9.17, 15) is 9.59 Å². The number of rotatable bonds is 7. The van der Waals surface area contributed by atoms with Gasteiger partial charge in [0.2, 0.25) is 11.8 Å². The van der Waals surface area contributed by atoms with E-state index < -0.39 is 5.56 Å². The average Bonchev–Trinajstić information content (AvgIpc) is 3.28. The van der Waals surface area contributed by atoms with Crippen molar-refractivity contribution in [1.29, 1.82) is 0 Å². The number of nitrogens with zero attached hydrogens (tertiary/aromatic N) is 6. The zero-order valence-corrected chi connectivity index (χ0v) is 20.3. The summed E-state index contributed by atoms with van der Waals surface area (Å²) >= 11 is 7.24. The van der Waals surface area contributed by atoms with Gasteiger partial charge in [0.15, 0.2) is 5.65 Å². The maximum Gasteiger partial charge on any atom is 0.332 e. The van der Waals surface area contributed by atoms with Gasteiger partial charge in [0, 0.05) is 30.1 Å². The molecule has 0 aliphatic carbocycles. The SMILES string of the molecule is CCCn1c(=O)n(C)c(=O)c2c(SCc3nnc(-c4ccc(Cl)cc4)o3)nc(C(C)C)nc21. The first kappa shape index (κ1) is 23.2. The molecule has 0 bridgehead atoms. The third-order valence-electron chi connectivity index (χ3n) is 5.02. The number of thioether (sulfide) groups is 1. The van der Waals surface area contributed by atoms with E-state index in [4.69, 9.17) is 16.0 Å². The standard InChI is InChI=1S/C22H23ClN6O3S/c1-5-10-29-18-16(21(30)28(4)22(29)31)20(25-17(24-18)12(2)3)33-11-15-26-27-19(32-15)13-6-8-14(23)9-7-13/h6-9,12H,5,10-11H2,1-4H3. The molecule has 4 rings (SSSR count). The second-order valence-electron chi connectivity index (χ2n) is 7.84. The van der Waals surface area contributed by atoms with Crippen molar-refractivity contribution in [3.63, 3.8) is 0 Å². The van der Waals surface area contributed by atoms with Gasteiger partial charge in [-0.2, -0.15) is 0 Å². The third kappa shape index (κ3) is 4.58. The Morgan fingerprint density at radius 2 is 1.85 bits per heavy atom. The summed E-state index contributed by atoms with van der Waals surface area (Å²) in [6.07, 6.45) is 0.728. The monoisotopic (exact) mass is 486 g/mol. The molecule has 1 aromatic carbocycles. The fourth-order valence-electron chi connectivity index (χ4n) is 3.29. The Morgan fingerprint density at radius 1 is 1.12 bits per heavy atom. The van der Waals surface area contributed by atoms with Gasteiger partial charge in [-0.15, -0.1) is 10.2 Å². The van der Waals surface area contributed by atoms with Crippen molar-refractivity contribution in [1.82, 2.24) is 29.3 Å². The van der Waals surface area contributed by atoms with Crippen molar-refractivity contribution < 1.29 is 4.42 Å². The van der Waals surface area contributed by atoms with Gasteiger partial charge >= 0.3 is 5.69 Å². The molecule has 0 radical (unpaired) electrons. The second-order valence-corrected chi connectivity index (χ2v) is 9.24. The summed E-state index contributed by atoms with van der Waals surface area (Å²) < 4.78 is 8.43. The molecule has 0 saturated carbocycles. The van der Waals surface area contributed by atoms with Crippen molar-refractivity contribution in [3.8, 4) is 11.5 Å². The molecule has 172 valence electrons. The lowest BCUT2D eigenvalue weighted by atomic mass is 10.2. The van der Waals surface area contributed by atoms with Crippen LogP contribution in [0.5, 0.6) is 0 Å². The van der Waals surface area contributed by atoms with Gasteiger partial charge in [0.05, 0.1) is 5.75 Å². The summed E-state index contributed by atoms with van der Waals surface area (Å²) in [6.45, 7) is 6.36. The topological polar surface area (TPSA) is 109 Å². The first-order valence-corrected chi connectivity index (χ1v) is 11.9. The van der Waals surface area contributed by atoms with E-state index >= 15 is 0 Å². The Balaban J connectivity index is 1.75. The second kappa shape index (κ2) is 9.48. The molecule has 4 aromatic rings. The van der Waals surface area contributed by atoms with Crippen LogP contribution in [0.4, 0.5) is 0 Å². The van der Waals surface area contributed by atoms with E-state index in [1.165, 1.54) is 18.8 Å². The summed E-state index contributed by atoms with van der Waals surface area (Å²) in [5, 5.41) is 9.64. The Morgan fingerprint density at radius 3 is 2.52 bits per heavy atom. The molecule has 0 saturated heterocycles. The predicted octanol–water partition coefficient (Wildman–Crippen LogP) is 4.02. The Bertz CT molecular complexity index is 1430. The maximum absolute atomic E-state index is 13.0. The number of aromatic nitrogens is 6. The fourth-order valence-corrected chi connectivity index (χ4v) is 4.28. The Kier molecular flexibility index (Phi) is 6.66. The van der Waals surface area contributed by atoms with Crippen LogP contribution < -0.4 is 11.2 Å². The molecule has 0 spiro atoms. The van der Waals surface area contributed by atoms with Gasteiger partial charge in [-0.3, -0.25) is 13.9 Å². The Hall–Kier alpha value is -2.98. The van der Waals surface area contributed by atoms with Gasteiger partial charge < -0.3 is 4.42 Å². The fraction of sp³-hybridized carbons (Fsp3) is 0.364. The van der Waals surface area contributed by atoms with Crippen LogP contribution in [-0.2, 0) is 19.3 Å². The highest BCUT2D eigenvalue weighted by molar-refractivity contribution is 7.98. The van der Waals surface area contributed by atoms with E-state index in [1.54, 1.807) is 28.8 Å². The van der Waals surface area contributed by atoms with Crippen molar-refractivity contribution in [2.24, 2.45) is 7.05 Å². The minimum Gasteiger partial charge on any atom is -0.420 e. The number of halogens is 1. The maximum atomic E-state index is 13.0. The highest BCUT2D eigenvalue weighted by Crippen LogP contribution is 2.28. The van der Waals surface area contributed by atoms with Gasteiger partial charge in [-0.05, 0) is 30.7 Å². The zero-order valence-electron chi connectivity index (χ0n) is 18.7. The van der Waals surface area contributed by atoms with Crippen LogP contribution in [0.1, 0.15) is 44.8 Å². The van der Waals surface area contributed by atoms with E-state index in [1.807, 2.05) is 20.8 Å². The third-order valence-corrected chi connectivity index (χ3v) is 6.23. The lowest BCUT2D eigenvalue weighted by Gasteiger charge is -2.14. The quantitative estimate of drug-likeness (QED) is 0.284. The molecule has 11 heteroatoms. The minimum atomic E-state index is -0.424. The molecule has 0 fully saturated rings. The van der Waals surface area contributed by atoms with Crippen molar-refractivity contribution in [2.45, 2.75) is 50.4 Å². The lowest BCUT2D eigenvalue weighted by molar-refractivity contribution is 0.528. The first-order chi connectivity index (χ1) is 15.8. The summed E-state index contributed by atoms with van der Waals surface area (Å²) in [5.74, 6) is 1.66. The van der Waals surface area contributed by atoms with E-state index in [-0.39, 0.29) is 11.6 Å². The summed E-state index contributed by atoms with van der Waals surface area (Å²) in [6, 6.07) is 7.11. The van der Waals surface area contributed by atoms with Crippen LogP contribution in [-0.4, -0.2) is 29.3 Å². The minimum absolute atomic E-state index is 0.0166. The van der Waals surface area contributed by atoms with Crippen LogP contribution in [0.15, 0.2) is 43.3 Å². The highest BCUT2D eigenvalue weighted by atomic mass is 35.5. The predicted molar refractivity (Wildman–Crippen MR) is 128 cm³/mol. The van der Waals surface area contributed by atoms with Gasteiger partial charge in [-0.1, -0.05) is 44.1 Å². The van der Waals surface area contributed by atoms with Crippen LogP contribution >= 0.6 is 23.4 Å². The Labute approximate surface area is 198 Å². The first-order valence-electron chi connectivity index (χ1n) is 10.5. The molecular formula is C22H23ClN6O3S. The number of aryl methyl sites for hydroxylation is 1. The summed E-state index contributed by atoms with van der Waals surface area (Å²) in [7, 11) is 1.47. The van der Waals surface area contributed by atoms with E-state index in [0.29, 0.717) is 51.0 Å². The zero-order chi connectivity index (χ0) is 23.7. The van der Waals surface area contributed by atoms with E-state index in [2.05, 4.69) is 20.2 Å². The van der Waals surface area contributed by atoms with Crippen molar-refractivity contribution >= 4 is 34.4 Å². The van der Waals surface area contributed by atoms with Gasteiger partial charge in [0.25, 0.3) is 5.56 Å². The molecule has 0 N–H and O–H groups in total. The molecule has 9 nitrogen and oxygen atoms in total. The largest absolute Gasteiger partial charge is 0.420 e. The van der Waals surface area contributed by atoms with E-state index in [0.717, 1.165) is 16.6 Å². The smallest absolute Gasteiger partial charge is 0.332 e. The molecule has 0 unspecified atom stereocenters. The molecule has 0 amide bonds. The lowest BCUT2D eigenvalue weighted by Crippen LogP contribution is -2.39. The van der Waals surface area contributed by atoms with Gasteiger partial charge in [-0.25, -0.2) is 14.8 Å². The molecule has 33 heavy (non-hydrogen) atoms. The van der Waals surface area contributed by atoms with Gasteiger partial charge in [0.1, 0.15) is 16.2 Å². The highest BCUT2D eigenvalue weighted by Gasteiger charge is 2.20. The normalized spacial score (nSPS) is 11.6. The molecular weight excluding hydrogens is 464 g/mol. The number of hydrogen-bond acceptors (Lipinski definition) is 8. The molecule has 3 heterocycles. The molecule has 0 atom stereocenters.